The van der Waals surface area contributed by atoms with Gasteiger partial charge < -0.3 is 5.32 Å². The van der Waals surface area contributed by atoms with Crippen LogP contribution < -0.4 is 5.32 Å². The van der Waals surface area contributed by atoms with Crippen molar-refractivity contribution in [2.75, 3.05) is 11.1 Å². The summed E-state index contributed by atoms with van der Waals surface area (Å²) in [4.78, 5) is 27.4. The van der Waals surface area contributed by atoms with Crippen LogP contribution in [0.25, 0.3) is 0 Å². The van der Waals surface area contributed by atoms with E-state index in [1.807, 2.05) is 0 Å². The molecule has 104 valence electrons. The zero-order valence-corrected chi connectivity index (χ0v) is 12.0. The molecule has 0 atom stereocenters. The van der Waals surface area contributed by atoms with Crippen LogP contribution in [-0.4, -0.2) is 32.6 Å². The van der Waals surface area contributed by atoms with Gasteiger partial charge in [0, 0.05) is 5.56 Å². The molecule has 6 nitrogen and oxygen atoms in total. The van der Waals surface area contributed by atoms with Crippen molar-refractivity contribution in [1.29, 1.82) is 0 Å². The molecule has 1 aromatic heterocycles. The topological polar surface area (TPSA) is 87.7 Å². The lowest BCUT2D eigenvalue weighted by molar-refractivity contribution is -0.113. The lowest BCUT2D eigenvalue weighted by Crippen LogP contribution is -2.16. The quantitative estimate of drug-likeness (QED) is 0.650. The average Bonchev–Trinajstić information content (AvgIpc) is 2.83. The van der Waals surface area contributed by atoms with Gasteiger partial charge in [-0.15, -0.1) is 5.10 Å². The van der Waals surface area contributed by atoms with Crippen molar-refractivity contribution in [2.45, 2.75) is 19.0 Å². The summed E-state index contributed by atoms with van der Waals surface area (Å²) in [5, 5.41) is 9.89. The standard InChI is InChI=1S/C13H14N4O2S/c1-8(18)10-5-3-4-6-11(10)15-12(19)7-20-13-14-9(2)16-17-13/h3-6H,7H2,1-2H3,(H,15,19)(H,14,16,17). The Hall–Kier alpha value is -2.15. The number of nitrogens with zero attached hydrogens (tertiary/aromatic N) is 2. The summed E-state index contributed by atoms with van der Waals surface area (Å²) < 4.78 is 0. The maximum atomic E-state index is 11.9. The lowest BCUT2D eigenvalue weighted by Gasteiger charge is -2.08. The van der Waals surface area contributed by atoms with Gasteiger partial charge in [-0.2, -0.15) is 0 Å². The summed E-state index contributed by atoms with van der Waals surface area (Å²) in [6, 6.07) is 6.92. The fourth-order valence-corrected chi connectivity index (χ4v) is 2.25. The van der Waals surface area contributed by atoms with Gasteiger partial charge in [0.25, 0.3) is 0 Å². The van der Waals surface area contributed by atoms with Crippen LogP contribution in [0.4, 0.5) is 5.69 Å². The second-order valence-electron chi connectivity index (χ2n) is 4.14. The van der Waals surface area contributed by atoms with Crippen LogP contribution in [0.1, 0.15) is 23.1 Å². The van der Waals surface area contributed by atoms with Crippen molar-refractivity contribution in [1.82, 2.24) is 15.2 Å². The molecule has 7 heteroatoms. The van der Waals surface area contributed by atoms with E-state index in [2.05, 4.69) is 20.5 Å². The minimum Gasteiger partial charge on any atom is -0.325 e. The normalized spacial score (nSPS) is 10.3. The Labute approximate surface area is 120 Å². The number of anilines is 1. The first kappa shape index (κ1) is 14.3. The number of hydrogen-bond acceptors (Lipinski definition) is 5. The molecule has 2 rings (SSSR count). The SMILES string of the molecule is CC(=O)c1ccccc1NC(=O)CSc1n[nH]c(C)n1. The number of H-pyrrole nitrogens is 1. The van der Waals surface area contributed by atoms with E-state index in [0.717, 1.165) is 0 Å². The van der Waals surface area contributed by atoms with Crippen LogP contribution in [0, 0.1) is 6.92 Å². The van der Waals surface area contributed by atoms with E-state index in [0.29, 0.717) is 22.2 Å². The van der Waals surface area contributed by atoms with E-state index in [1.165, 1.54) is 18.7 Å². The molecule has 0 fully saturated rings. The Morgan fingerprint density at radius 3 is 2.75 bits per heavy atom. The molecule has 0 aliphatic heterocycles. The molecule has 0 saturated carbocycles. The molecular formula is C13H14N4O2S. The first-order valence-corrected chi connectivity index (χ1v) is 6.96. The number of carbonyl (C=O) groups excluding carboxylic acids is 2. The summed E-state index contributed by atoms with van der Waals surface area (Å²) in [5.41, 5.74) is 1.02. The molecule has 0 bridgehead atoms. The van der Waals surface area contributed by atoms with E-state index in [-0.39, 0.29) is 17.4 Å². The van der Waals surface area contributed by atoms with Crippen molar-refractivity contribution in [3.63, 3.8) is 0 Å². The molecule has 0 unspecified atom stereocenters. The average molecular weight is 290 g/mol. The molecule has 0 aliphatic carbocycles. The number of hydrogen-bond donors (Lipinski definition) is 2. The van der Waals surface area contributed by atoms with E-state index >= 15 is 0 Å². The zero-order chi connectivity index (χ0) is 14.5. The molecule has 0 radical (unpaired) electrons. The highest BCUT2D eigenvalue weighted by atomic mass is 32.2. The Morgan fingerprint density at radius 1 is 1.35 bits per heavy atom. The maximum Gasteiger partial charge on any atom is 0.234 e. The summed E-state index contributed by atoms with van der Waals surface area (Å²) in [6.07, 6.45) is 0. The lowest BCUT2D eigenvalue weighted by atomic mass is 10.1. The van der Waals surface area contributed by atoms with Crippen LogP contribution in [0.5, 0.6) is 0 Å². The first-order chi connectivity index (χ1) is 9.56. The van der Waals surface area contributed by atoms with Crippen molar-refractivity contribution in [3.05, 3.63) is 35.7 Å². The molecule has 1 heterocycles. The van der Waals surface area contributed by atoms with Crippen LogP contribution in [0.15, 0.2) is 29.4 Å². The number of thioether (sulfide) groups is 1. The molecule has 2 aromatic rings. The maximum absolute atomic E-state index is 11.9. The molecular weight excluding hydrogens is 276 g/mol. The second-order valence-corrected chi connectivity index (χ2v) is 5.08. The molecule has 0 saturated heterocycles. The minimum absolute atomic E-state index is 0.0851. The van der Waals surface area contributed by atoms with Crippen LogP contribution in [0.3, 0.4) is 0 Å². The van der Waals surface area contributed by atoms with Crippen molar-refractivity contribution in [2.24, 2.45) is 0 Å². The number of carbonyl (C=O) groups is 2. The van der Waals surface area contributed by atoms with Crippen molar-refractivity contribution >= 4 is 29.1 Å². The number of para-hydroxylation sites is 1. The van der Waals surface area contributed by atoms with Crippen molar-refractivity contribution in [3.8, 4) is 0 Å². The van der Waals surface area contributed by atoms with E-state index in [4.69, 9.17) is 0 Å². The number of amides is 1. The number of benzene rings is 1. The van der Waals surface area contributed by atoms with Gasteiger partial charge in [0.15, 0.2) is 5.78 Å². The number of ketones is 1. The predicted molar refractivity (Wildman–Crippen MR) is 76.9 cm³/mol. The number of rotatable bonds is 5. The van der Waals surface area contributed by atoms with Gasteiger partial charge in [-0.05, 0) is 26.0 Å². The smallest absolute Gasteiger partial charge is 0.234 e. The number of aryl methyl sites for hydroxylation is 1. The summed E-state index contributed by atoms with van der Waals surface area (Å²) in [6.45, 7) is 3.26. The highest BCUT2D eigenvalue weighted by Crippen LogP contribution is 2.17. The largest absolute Gasteiger partial charge is 0.325 e. The Kier molecular flexibility index (Phi) is 4.52. The van der Waals surface area contributed by atoms with Gasteiger partial charge in [0.05, 0.1) is 11.4 Å². The molecule has 0 spiro atoms. The zero-order valence-electron chi connectivity index (χ0n) is 11.1. The van der Waals surface area contributed by atoms with Gasteiger partial charge in [0.1, 0.15) is 5.82 Å². The van der Waals surface area contributed by atoms with Crippen LogP contribution >= 0.6 is 11.8 Å². The van der Waals surface area contributed by atoms with Gasteiger partial charge >= 0.3 is 0 Å². The van der Waals surface area contributed by atoms with Gasteiger partial charge in [-0.1, -0.05) is 23.9 Å². The predicted octanol–water partition coefficient (Wildman–Crippen LogP) is 2.05. The fourth-order valence-electron chi connectivity index (χ4n) is 1.60. The molecule has 20 heavy (non-hydrogen) atoms. The molecule has 0 aliphatic rings. The highest BCUT2D eigenvalue weighted by molar-refractivity contribution is 7.99. The molecule has 2 N–H and O–H groups in total. The Bertz CT molecular complexity index is 639. The van der Waals surface area contributed by atoms with Gasteiger partial charge in [-0.25, -0.2) is 4.98 Å². The number of nitrogens with one attached hydrogen (secondary N) is 2. The number of aromatic amines is 1. The third-order valence-electron chi connectivity index (χ3n) is 2.49. The third-order valence-corrected chi connectivity index (χ3v) is 3.34. The monoisotopic (exact) mass is 290 g/mol. The third kappa shape index (κ3) is 3.67. The number of Topliss-reactive ketones (excluding diaryl/α,β-unsaturated/α-hetero) is 1. The minimum atomic E-state index is -0.203. The van der Waals surface area contributed by atoms with Crippen LogP contribution in [-0.2, 0) is 4.79 Å². The fraction of sp³-hybridized carbons (Fsp3) is 0.231. The number of aromatic nitrogens is 3. The van der Waals surface area contributed by atoms with Gasteiger partial charge in [-0.3, -0.25) is 14.7 Å². The van der Waals surface area contributed by atoms with E-state index in [9.17, 15) is 9.59 Å². The summed E-state index contributed by atoms with van der Waals surface area (Å²) in [5.74, 6) is 0.600. The van der Waals surface area contributed by atoms with Crippen molar-refractivity contribution < 1.29 is 9.59 Å². The summed E-state index contributed by atoms with van der Waals surface area (Å²) >= 11 is 1.23. The Balaban J connectivity index is 1.96. The van der Waals surface area contributed by atoms with Gasteiger partial charge in [0.2, 0.25) is 11.1 Å². The molecule has 1 amide bonds. The highest BCUT2D eigenvalue weighted by Gasteiger charge is 2.11. The van der Waals surface area contributed by atoms with E-state index in [1.54, 1.807) is 31.2 Å². The Morgan fingerprint density at radius 2 is 2.10 bits per heavy atom. The van der Waals surface area contributed by atoms with E-state index < -0.39 is 0 Å². The second kappa shape index (κ2) is 6.33. The summed E-state index contributed by atoms with van der Waals surface area (Å²) in [7, 11) is 0. The first-order valence-electron chi connectivity index (χ1n) is 5.98. The van der Waals surface area contributed by atoms with Crippen LogP contribution in [0.2, 0.25) is 0 Å². The molecule has 1 aromatic carbocycles.